The first-order valence-electron chi connectivity index (χ1n) is 5.84. The van der Waals surface area contributed by atoms with Crippen LogP contribution in [0.4, 0.5) is 5.69 Å². The fraction of sp³-hybridized carbons (Fsp3) is 0.538. The Labute approximate surface area is 102 Å². The van der Waals surface area contributed by atoms with Crippen molar-refractivity contribution in [2.75, 3.05) is 24.5 Å². The Bertz CT molecular complexity index is 390. The number of fused-ring (bicyclic) bond motifs is 1. The van der Waals surface area contributed by atoms with Crippen LogP contribution in [0.1, 0.15) is 18.1 Å². The van der Waals surface area contributed by atoms with E-state index in [0.29, 0.717) is 5.25 Å². The van der Waals surface area contributed by atoms with Gasteiger partial charge in [0.05, 0.1) is 5.69 Å². The zero-order chi connectivity index (χ0) is 11.7. The first kappa shape index (κ1) is 11.8. The Kier molecular flexibility index (Phi) is 3.45. The van der Waals surface area contributed by atoms with Crippen molar-refractivity contribution >= 4 is 17.4 Å². The van der Waals surface area contributed by atoms with Crippen molar-refractivity contribution in [2.24, 2.45) is 5.73 Å². The summed E-state index contributed by atoms with van der Waals surface area (Å²) in [5, 5.41) is 0.653. The molecule has 0 amide bonds. The van der Waals surface area contributed by atoms with E-state index in [2.05, 4.69) is 37.8 Å². The number of anilines is 1. The second-order valence-corrected chi connectivity index (χ2v) is 6.04. The number of thioether (sulfide) groups is 1. The molecular formula is C13H20N2S. The summed E-state index contributed by atoms with van der Waals surface area (Å²) in [6, 6.07) is 4.56. The van der Waals surface area contributed by atoms with E-state index in [9.17, 15) is 0 Å². The van der Waals surface area contributed by atoms with E-state index in [1.165, 1.54) is 21.7 Å². The number of aryl methyl sites for hydroxylation is 2. The summed E-state index contributed by atoms with van der Waals surface area (Å²) in [5.74, 6) is 0. The van der Waals surface area contributed by atoms with Gasteiger partial charge in [0.1, 0.15) is 0 Å². The second kappa shape index (κ2) is 4.68. The first-order chi connectivity index (χ1) is 7.61. The summed E-state index contributed by atoms with van der Waals surface area (Å²) in [6.45, 7) is 9.45. The van der Waals surface area contributed by atoms with Crippen LogP contribution in [0.5, 0.6) is 0 Å². The van der Waals surface area contributed by atoms with Crippen LogP contribution in [-0.4, -0.2) is 24.9 Å². The quantitative estimate of drug-likeness (QED) is 0.855. The van der Waals surface area contributed by atoms with Gasteiger partial charge in [-0.15, -0.1) is 11.8 Å². The molecule has 3 heteroatoms. The smallest absolute Gasteiger partial charge is 0.0510 e. The van der Waals surface area contributed by atoms with Crippen molar-refractivity contribution in [3.8, 4) is 0 Å². The highest BCUT2D eigenvalue weighted by Gasteiger charge is 2.23. The van der Waals surface area contributed by atoms with Gasteiger partial charge in [0.15, 0.2) is 0 Å². The monoisotopic (exact) mass is 236 g/mol. The molecule has 88 valence electrons. The third-order valence-electron chi connectivity index (χ3n) is 2.94. The van der Waals surface area contributed by atoms with Gasteiger partial charge in [-0.3, -0.25) is 0 Å². The highest BCUT2D eigenvalue weighted by Crippen LogP contribution is 2.40. The van der Waals surface area contributed by atoms with Crippen molar-refractivity contribution in [2.45, 2.75) is 30.9 Å². The SMILES string of the molecule is Cc1cc(C)c2c(c1)N(CCN)CC(C)S2. The Hall–Kier alpha value is -0.670. The van der Waals surface area contributed by atoms with Crippen LogP contribution in [0.15, 0.2) is 17.0 Å². The molecule has 0 aliphatic carbocycles. The van der Waals surface area contributed by atoms with Gasteiger partial charge in [-0.1, -0.05) is 13.0 Å². The minimum absolute atomic E-state index is 0.653. The molecule has 0 spiro atoms. The lowest BCUT2D eigenvalue weighted by atomic mass is 10.1. The number of benzene rings is 1. The minimum Gasteiger partial charge on any atom is -0.368 e. The molecule has 2 N–H and O–H groups in total. The van der Waals surface area contributed by atoms with Crippen molar-refractivity contribution in [1.82, 2.24) is 0 Å². The first-order valence-corrected chi connectivity index (χ1v) is 6.72. The van der Waals surface area contributed by atoms with Crippen LogP contribution < -0.4 is 10.6 Å². The molecule has 1 aliphatic rings. The van der Waals surface area contributed by atoms with E-state index in [-0.39, 0.29) is 0 Å². The minimum atomic E-state index is 0.653. The summed E-state index contributed by atoms with van der Waals surface area (Å²) in [5.41, 5.74) is 9.81. The molecule has 16 heavy (non-hydrogen) atoms. The van der Waals surface area contributed by atoms with Gasteiger partial charge in [-0.2, -0.15) is 0 Å². The van der Waals surface area contributed by atoms with Crippen molar-refractivity contribution in [1.29, 1.82) is 0 Å². The summed E-state index contributed by atoms with van der Waals surface area (Å²) < 4.78 is 0. The van der Waals surface area contributed by atoms with Crippen LogP contribution in [0, 0.1) is 13.8 Å². The third kappa shape index (κ3) is 2.20. The van der Waals surface area contributed by atoms with Crippen molar-refractivity contribution in [3.63, 3.8) is 0 Å². The van der Waals surface area contributed by atoms with Gasteiger partial charge in [0, 0.05) is 29.8 Å². The summed E-state index contributed by atoms with van der Waals surface area (Å²) in [4.78, 5) is 3.87. The zero-order valence-electron chi connectivity index (χ0n) is 10.3. The van der Waals surface area contributed by atoms with Gasteiger partial charge in [-0.25, -0.2) is 0 Å². The molecule has 1 atom stereocenters. The molecule has 1 aliphatic heterocycles. The lowest BCUT2D eigenvalue weighted by Gasteiger charge is -2.35. The number of hydrogen-bond donors (Lipinski definition) is 1. The lowest BCUT2D eigenvalue weighted by Crippen LogP contribution is -2.37. The molecule has 1 aromatic rings. The highest BCUT2D eigenvalue weighted by molar-refractivity contribution is 8.00. The number of hydrogen-bond acceptors (Lipinski definition) is 3. The molecule has 1 heterocycles. The van der Waals surface area contributed by atoms with Gasteiger partial charge in [0.2, 0.25) is 0 Å². The number of nitrogens with zero attached hydrogens (tertiary/aromatic N) is 1. The predicted molar refractivity (Wildman–Crippen MR) is 72.5 cm³/mol. The highest BCUT2D eigenvalue weighted by atomic mass is 32.2. The van der Waals surface area contributed by atoms with Crippen LogP contribution in [0.25, 0.3) is 0 Å². The predicted octanol–water partition coefficient (Wildman–Crippen LogP) is 2.56. The number of rotatable bonds is 2. The molecule has 0 bridgehead atoms. The van der Waals surface area contributed by atoms with Crippen molar-refractivity contribution in [3.05, 3.63) is 23.3 Å². The van der Waals surface area contributed by atoms with E-state index in [0.717, 1.165) is 19.6 Å². The molecule has 2 rings (SSSR count). The van der Waals surface area contributed by atoms with E-state index < -0.39 is 0 Å². The van der Waals surface area contributed by atoms with E-state index in [1.54, 1.807) is 0 Å². The normalized spacial score (nSPS) is 19.8. The maximum atomic E-state index is 5.69. The van der Waals surface area contributed by atoms with Crippen LogP contribution in [0.3, 0.4) is 0 Å². The van der Waals surface area contributed by atoms with Gasteiger partial charge >= 0.3 is 0 Å². The maximum Gasteiger partial charge on any atom is 0.0510 e. The van der Waals surface area contributed by atoms with Gasteiger partial charge < -0.3 is 10.6 Å². The van der Waals surface area contributed by atoms with Crippen molar-refractivity contribution < 1.29 is 0 Å². The summed E-state index contributed by atoms with van der Waals surface area (Å²) >= 11 is 1.99. The molecule has 0 aromatic heterocycles. The molecule has 2 nitrogen and oxygen atoms in total. The average molecular weight is 236 g/mol. The zero-order valence-corrected chi connectivity index (χ0v) is 11.1. The maximum absolute atomic E-state index is 5.69. The molecule has 1 unspecified atom stereocenters. The standard InChI is InChI=1S/C13H20N2S/c1-9-6-10(2)13-12(7-9)15(5-4-14)8-11(3)16-13/h6-7,11H,4-5,8,14H2,1-3H3. The summed E-state index contributed by atoms with van der Waals surface area (Å²) in [7, 11) is 0. The Morgan fingerprint density at radius 1 is 1.44 bits per heavy atom. The molecule has 0 saturated carbocycles. The van der Waals surface area contributed by atoms with Crippen LogP contribution in [-0.2, 0) is 0 Å². The van der Waals surface area contributed by atoms with E-state index >= 15 is 0 Å². The molecule has 0 radical (unpaired) electrons. The second-order valence-electron chi connectivity index (χ2n) is 4.59. The van der Waals surface area contributed by atoms with Crippen LogP contribution in [0.2, 0.25) is 0 Å². The third-order valence-corrected chi connectivity index (χ3v) is 4.25. The average Bonchev–Trinajstić information content (AvgIpc) is 2.20. The summed E-state index contributed by atoms with van der Waals surface area (Å²) in [6.07, 6.45) is 0. The van der Waals surface area contributed by atoms with Crippen LogP contribution >= 0.6 is 11.8 Å². The fourth-order valence-electron chi connectivity index (χ4n) is 2.33. The van der Waals surface area contributed by atoms with E-state index in [1.807, 2.05) is 11.8 Å². The molecule has 0 saturated heterocycles. The Morgan fingerprint density at radius 3 is 2.88 bits per heavy atom. The Balaban J connectivity index is 2.43. The topological polar surface area (TPSA) is 29.3 Å². The number of nitrogens with two attached hydrogens (primary N) is 1. The lowest BCUT2D eigenvalue weighted by molar-refractivity contribution is 0.751. The van der Waals surface area contributed by atoms with Gasteiger partial charge in [-0.05, 0) is 31.0 Å². The largest absolute Gasteiger partial charge is 0.368 e. The molecule has 1 aromatic carbocycles. The Morgan fingerprint density at radius 2 is 2.19 bits per heavy atom. The van der Waals surface area contributed by atoms with Gasteiger partial charge in [0.25, 0.3) is 0 Å². The molecule has 0 fully saturated rings. The molecular weight excluding hydrogens is 216 g/mol. The fourth-order valence-corrected chi connectivity index (χ4v) is 3.55. The van der Waals surface area contributed by atoms with E-state index in [4.69, 9.17) is 5.73 Å².